The number of hydrogen-bond acceptors (Lipinski definition) is 5. The van der Waals surface area contributed by atoms with Crippen LogP contribution < -0.4 is 5.32 Å². The van der Waals surface area contributed by atoms with Gasteiger partial charge in [0.2, 0.25) is 0 Å². The number of rotatable bonds is 8. The Morgan fingerprint density at radius 1 is 0.906 bits per heavy atom. The van der Waals surface area contributed by atoms with Gasteiger partial charge in [0, 0.05) is 18.2 Å². The molecular formula is C24H20F3NO4. The summed E-state index contributed by atoms with van der Waals surface area (Å²) in [5, 5.41) is 2.83. The highest BCUT2D eigenvalue weighted by Gasteiger charge is 2.24. The smallest absolute Gasteiger partial charge is 0.340 e. The SMILES string of the molecule is COC(=O)C(Cc1cc(F)c(F)cc1F)Nc1ccccc1C(=O)OCc1ccccc1. The van der Waals surface area contributed by atoms with E-state index in [0.717, 1.165) is 12.7 Å². The maximum atomic E-state index is 14.1. The van der Waals surface area contributed by atoms with Gasteiger partial charge in [0.25, 0.3) is 0 Å². The summed E-state index contributed by atoms with van der Waals surface area (Å²) in [6, 6.07) is 15.3. The van der Waals surface area contributed by atoms with E-state index in [1.807, 2.05) is 18.2 Å². The van der Waals surface area contributed by atoms with Gasteiger partial charge in [-0.2, -0.15) is 0 Å². The van der Waals surface area contributed by atoms with Gasteiger partial charge in [-0.25, -0.2) is 22.8 Å². The summed E-state index contributed by atoms with van der Waals surface area (Å²) < 4.78 is 51.0. The molecular weight excluding hydrogens is 423 g/mol. The van der Waals surface area contributed by atoms with E-state index >= 15 is 0 Å². The summed E-state index contributed by atoms with van der Waals surface area (Å²) in [5.41, 5.74) is 0.954. The number of methoxy groups -OCH3 is 1. The minimum absolute atomic E-state index is 0.0501. The van der Waals surface area contributed by atoms with Crippen molar-refractivity contribution in [2.24, 2.45) is 0 Å². The lowest BCUT2D eigenvalue weighted by molar-refractivity contribution is -0.141. The number of anilines is 1. The zero-order chi connectivity index (χ0) is 23.1. The second-order valence-electron chi connectivity index (χ2n) is 6.89. The lowest BCUT2D eigenvalue weighted by Gasteiger charge is -2.20. The van der Waals surface area contributed by atoms with E-state index < -0.39 is 35.4 Å². The van der Waals surface area contributed by atoms with Crippen LogP contribution in [-0.4, -0.2) is 25.1 Å². The van der Waals surface area contributed by atoms with E-state index in [0.29, 0.717) is 12.1 Å². The molecule has 3 aromatic carbocycles. The minimum Gasteiger partial charge on any atom is -0.467 e. The number of carbonyl (C=O) groups is 2. The van der Waals surface area contributed by atoms with Crippen molar-refractivity contribution in [3.63, 3.8) is 0 Å². The Bertz CT molecular complexity index is 1110. The van der Waals surface area contributed by atoms with Crippen LogP contribution in [0.25, 0.3) is 0 Å². The van der Waals surface area contributed by atoms with Crippen LogP contribution in [0.2, 0.25) is 0 Å². The van der Waals surface area contributed by atoms with E-state index in [-0.39, 0.29) is 29.8 Å². The minimum atomic E-state index is -1.33. The average Bonchev–Trinajstić information content (AvgIpc) is 2.81. The molecule has 0 aliphatic heterocycles. The van der Waals surface area contributed by atoms with Crippen molar-refractivity contribution in [2.45, 2.75) is 19.1 Å². The first-order valence-electron chi connectivity index (χ1n) is 9.67. The molecule has 32 heavy (non-hydrogen) atoms. The Hall–Kier alpha value is -3.81. The Kier molecular flexibility index (Phi) is 7.49. The first kappa shape index (κ1) is 22.9. The predicted octanol–water partition coefficient (Wildman–Crippen LogP) is 4.66. The fraction of sp³-hybridized carbons (Fsp3) is 0.167. The van der Waals surface area contributed by atoms with Gasteiger partial charge in [0.05, 0.1) is 12.7 Å². The number of esters is 2. The third kappa shape index (κ3) is 5.66. The highest BCUT2D eigenvalue weighted by Crippen LogP contribution is 2.21. The standard InChI is InChI=1S/C24H20F3NO4/c1-31-24(30)22(12-16-11-19(26)20(27)13-18(16)25)28-21-10-6-5-9-17(21)23(29)32-14-15-7-3-2-4-8-15/h2-11,13,22,28H,12,14H2,1H3. The van der Waals surface area contributed by atoms with Gasteiger partial charge in [-0.05, 0) is 29.3 Å². The van der Waals surface area contributed by atoms with Crippen LogP contribution in [0.5, 0.6) is 0 Å². The van der Waals surface area contributed by atoms with Crippen molar-refractivity contribution >= 4 is 17.6 Å². The fourth-order valence-corrected chi connectivity index (χ4v) is 3.05. The molecule has 0 radical (unpaired) electrons. The number of carbonyl (C=O) groups excluding carboxylic acids is 2. The molecule has 3 aromatic rings. The third-order valence-corrected chi connectivity index (χ3v) is 4.69. The van der Waals surface area contributed by atoms with Crippen molar-refractivity contribution in [3.05, 3.63) is 101 Å². The number of ether oxygens (including phenoxy) is 2. The van der Waals surface area contributed by atoms with E-state index in [1.165, 1.54) is 12.1 Å². The molecule has 0 saturated carbocycles. The maximum absolute atomic E-state index is 14.1. The van der Waals surface area contributed by atoms with Gasteiger partial charge in [0.15, 0.2) is 11.6 Å². The zero-order valence-electron chi connectivity index (χ0n) is 17.1. The van der Waals surface area contributed by atoms with Gasteiger partial charge in [-0.3, -0.25) is 0 Å². The van der Waals surface area contributed by atoms with Crippen LogP contribution in [0.15, 0.2) is 66.7 Å². The Morgan fingerprint density at radius 2 is 1.56 bits per heavy atom. The van der Waals surface area contributed by atoms with Gasteiger partial charge in [0.1, 0.15) is 18.5 Å². The van der Waals surface area contributed by atoms with Crippen molar-refractivity contribution in [2.75, 3.05) is 12.4 Å². The molecule has 0 amide bonds. The third-order valence-electron chi connectivity index (χ3n) is 4.69. The van der Waals surface area contributed by atoms with Crippen LogP contribution >= 0.6 is 0 Å². The monoisotopic (exact) mass is 443 g/mol. The number of hydrogen-bond donors (Lipinski definition) is 1. The highest BCUT2D eigenvalue weighted by molar-refractivity contribution is 5.96. The molecule has 0 spiro atoms. The molecule has 0 saturated heterocycles. The molecule has 166 valence electrons. The lowest BCUT2D eigenvalue weighted by Crippen LogP contribution is -2.34. The van der Waals surface area contributed by atoms with Gasteiger partial charge in [-0.1, -0.05) is 42.5 Å². The normalized spacial score (nSPS) is 11.5. The number of benzene rings is 3. The van der Waals surface area contributed by atoms with E-state index in [2.05, 4.69) is 5.32 Å². The molecule has 0 aromatic heterocycles. The molecule has 0 bridgehead atoms. The quantitative estimate of drug-likeness (QED) is 0.405. The first-order valence-corrected chi connectivity index (χ1v) is 9.67. The summed E-state index contributed by atoms with van der Waals surface area (Å²) in [6.07, 6.45) is -0.344. The number of halogens is 3. The van der Waals surface area contributed by atoms with Crippen molar-refractivity contribution in [1.29, 1.82) is 0 Å². The van der Waals surface area contributed by atoms with Crippen LogP contribution in [-0.2, 0) is 27.3 Å². The largest absolute Gasteiger partial charge is 0.467 e. The maximum Gasteiger partial charge on any atom is 0.340 e. The second-order valence-corrected chi connectivity index (χ2v) is 6.89. The molecule has 0 aliphatic carbocycles. The number of nitrogens with one attached hydrogen (secondary N) is 1. The highest BCUT2D eigenvalue weighted by atomic mass is 19.2. The molecule has 1 N–H and O–H groups in total. The van der Waals surface area contributed by atoms with Crippen LogP contribution in [0, 0.1) is 17.5 Å². The molecule has 0 heterocycles. The van der Waals surface area contributed by atoms with Crippen LogP contribution in [0.3, 0.4) is 0 Å². The van der Waals surface area contributed by atoms with Crippen molar-refractivity contribution in [3.8, 4) is 0 Å². The topological polar surface area (TPSA) is 64.6 Å². The molecule has 1 unspecified atom stereocenters. The molecule has 5 nitrogen and oxygen atoms in total. The van der Waals surface area contributed by atoms with Crippen LogP contribution in [0.1, 0.15) is 21.5 Å². The van der Waals surface area contributed by atoms with Gasteiger partial charge < -0.3 is 14.8 Å². The van der Waals surface area contributed by atoms with Crippen LogP contribution in [0.4, 0.5) is 18.9 Å². The Labute approximate surface area is 182 Å². The Morgan fingerprint density at radius 3 is 2.28 bits per heavy atom. The van der Waals surface area contributed by atoms with E-state index in [1.54, 1.807) is 24.3 Å². The van der Waals surface area contributed by atoms with E-state index in [9.17, 15) is 22.8 Å². The van der Waals surface area contributed by atoms with Crippen molar-refractivity contribution in [1.82, 2.24) is 0 Å². The second kappa shape index (κ2) is 10.5. The van der Waals surface area contributed by atoms with Crippen molar-refractivity contribution < 1.29 is 32.2 Å². The lowest BCUT2D eigenvalue weighted by atomic mass is 10.0. The fourth-order valence-electron chi connectivity index (χ4n) is 3.05. The number of para-hydroxylation sites is 1. The molecule has 3 rings (SSSR count). The first-order chi connectivity index (χ1) is 15.4. The zero-order valence-corrected chi connectivity index (χ0v) is 17.1. The molecule has 1 atom stereocenters. The molecule has 0 fully saturated rings. The summed E-state index contributed by atoms with van der Waals surface area (Å²) in [4.78, 5) is 24.9. The summed E-state index contributed by atoms with van der Waals surface area (Å²) >= 11 is 0. The predicted molar refractivity (Wildman–Crippen MR) is 111 cm³/mol. The van der Waals surface area contributed by atoms with Gasteiger partial charge >= 0.3 is 11.9 Å². The molecule has 8 heteroatoms. The van der Waals surface area contributed by atoms with E-state index in [4.69, 9.17) is 9.47 Å². The summed E-state index contributed by atoms with van der Waals surface area (Å²) in [5.74, 6) is -4.99. The van der Waals surface area contributed by atoms with Gasteiger partial charge in [-0.15, -0.1) is 0 Å². The summed E-state index contributed by atoms with van der Waals surface area (Å²) in [6.45, 7) is 0.0501. The average molecular weight is 443 g/mol. The molecule has 0 aliphatic rings. The summed E-state index contributed by atoms with van der Waals surface area (Å²) in [7, 11) is 1.14. The Balaban J connectivity index is 1.80.